The lowest BCUT2D eigenvalue weighted by Crippen LogP contribution is -2.41. The molecule has 5 nitrogen and oxygen atoms in total. The summed E-state index contributed by atoms with van der Waals surface area (Å²) < 4.78 is 5.62. The van der Waals surface area contributed by atoms with Crippen molar-refractivity contribution < 1.29 is 14.6 Å². The van der Waals surface area contributed by atoms with Crippen molar-refractivity contribution in [1.82, 2.24) is 10.6 Å². The normalized spacial score (nSPS) is 25.4. The predicted molar refractivity (Wildman–Crippen MR) is 70.3 cm³/mol. The second kappa shape index (κ2) is 7.71. The topological polar surface area (TPSA) is 70.6 Å². The molecule has 3 atom stereocenters. The molecular weight excluding hydrogens is 232 g/mol. The molecule has 1 saturated heterocycles. The first kappa shape index (κ1) is 15.4. The number of nitrogens with one attached hydrogen (secondary N) is 2. The summed E-state index contributed by atoms with van der Waals surface area (Å²) in [6.07, 6.45) is 1.13. The van der Waals surface area contributed by atoms with E-state index >= 15 is 0 Å². The minimum atomic E-state index is -0.396. The minimum Gasteiger partial charge on any atom is -0.392 e. The van der Waals surface area contributed by atoms with Gasteiger partial charge in [0, 0.05) is 19.7 Å². The highest BCUT2D eigenvalue weighted by Crippen LogP contribution is 2.10. The van der Waals surface area contributed by atoms with Gasteiger partial charge in [-0.05, 0) is 25.7 Å². The van der Waals surface area contributed by atoms with Gasteiger partial charge in [-0.3, -0.25) is 4.79 Å². The van der Waals surface area contributed by atoms with Gasteiger partial charge in [0.15, 0.2) is 0 Å². The van der Waals surface area contributed by atoms with E-state index < -0.39 is 6.10 Å². The molecule has 18 heavy (non-hydrogen) atoms. The lowest BCUT2D eigenvalue weighted by Gasteiger charge is -2.21. The Balaban J connectivity index is 2.21. The van der Waals surface area contributed by atoms with Crippen LogP contribution in [-0.2, 0) is 9.53 Å². The molecule has 1 fully saturated rings. The van der Waals surface area contributed by atoms with Crippen LogP contribution in [0.2, 0.25) is 0 Å². The molecule has 0 radical (unpaired) electrons. The van der Waals surface area contributed by atoms with E-state index in [0.29, 0.717) is 32.0 Å². The number of hydrogen-bond donors (Lipinski definition) is 3. The molecule has 0 spiro atoms. The number of amides is 1. The summed E-state index contributed by atoms with van der Waals surface area (Å²) in [7, 11) is 0. The number of β-amino-alcohol motifs (C(OH)–C–C–N with tert-alkyl or cyclic N) is 1. The van der Waals surface area contributed by atoms with Crippen molar-refractivity contribution in [2.75, 3.05) is 19.7 Å². The Hall–Kier alpha value is -0.650. The lowest BCUT2D eigenvalue weighted by molar-refractivity contribution is -0.123. The standard InChI is InChI=1S/C13H26N2O3/c1-4-18-12(9(2)3)5-6-14-13(17)11-7-10(16)8-15-11/h9-12,15-16H,4-8H2,1-3H3,(H,14,17). The molecule has 0 aliphatic carbocycles. The van der Waals surface area contributed by atoms with Crippen LogP contribution in [0.3, 0.4) is 0 Å². The van der Waals surface area contributed by atoms with Crippen molar-refractivity contribution in [2.24, 2.45) is 5.92 Å². The zero-order valence-corrected chi connectivity index (χ0v) is 11.6. The van der Waals surface area contributed by atoms with Crippen LogP contribution in [0.15, 0.2) is 0 Å². The quantitative estimate of drug-likeness (QED) is 0.613. The molecule has 1 aliphatic heterocycles. The fraction of sp³-hybridized carbons (Fsp3) is 0.923. The summed E-state index contributed by atoms with van der Waals surface area (Å²) in [4.78, 5) is 11.8. The maximum atomic E-state index is 11.8. The van der Waals surface area contributed by atoms with Crippen molar-refractivity contribution in [1.29, 1.82) is 0 Å². The highest BCUT2D eigenvalue weighted by molar-refractivity contribution is 5.82. The largest absolute Gasteiger partial charge is 0.392 e. The molecule has 0 aromatic rings. The molecule has 1 aliphatic rings. The van der Waals surface area contributed by atoms with E-state index in [2.05, 4.69) is 24.5 Å². The van der Waals surface area contributed by atoms with Crippen LogP contribution in [0, 0.1) is 5.92 Å². The number of carbonyl (C=O) groups is 1. The second-order valence-corrected chi connectivity index (χ2v) is 5.17. The summed E-state index contributed by atoms with van der Waals surface area (Å²) in [6, 6.07) is -0.246. The second-order valence-electron chi connectivity index (χ2n) is 5.17. The van der Waals surface area contributed by atoms with Crippen molar-refractivity contribution >= 4 is 5.91 Å². The van der Waals surface area contributed by atoms with Gasteiger partial charge in [-0.15, -0.1) is 0 Å². The van der Waals surface area contributed by atoms with E-state index in [1.807, 2.05) is 6.92 Å². The third-order valence-electron chi connectivity index (χ3n) is 3.28. The molecule has 3 N–H and O–H groups in total. The van der Waals surface area contributed by atoms with E-state index in [1.54, 1.807) is 0 Å². The van der Waals surface area contributed by atoms with Gasteiger partial charge in [0.05, 0.1) is 18.2 Å². The van der Waals surface area contributed by atoms with E-state index in [9.17, 15) is 9.90 Å². The summed E-state index contributed by atoms with van der Waals surface area (Å²) in [5.41, 5.74) is 0. The number of rotatable bonds is 7. The SMILES string of the molecule is CCOC(CCNC(=O)C1CC(O)CN1)C(C)C. The Morgan fingerprint density at radius 3 is 2.78 bits per heavy atom. The van der Waals surface area contributed by atoms with Gasteiger partial charge in [-0.25, -0.2) is 0 Å². The zero-order chi connectivity index (χ0) is 13.5. The summed E-state index contributed by atoms with van der Waals surface area (Å²) in [6.45, 7) is 8.06. The van der Waals surface area contributed by atoms with Crippen molar-refractivity contribution in [3.8, 4) is 0 Å². The Labute approximate surface area is 109 Å². The van der Waals surface area contributed by atoms with Crippen LogP contribution in [0.4, 0.5) is 0 Å². The van der Waals surface area contributed by atoms with Crippen LogP contribution in [-0.4, -0.2) is 49.0 Å². The minimum absolute atomic E-state index is 0.0226. The average Bonchev–Trinajstić information content (AvgIpc) is 2.74. The fourth-order valence-electron chi connectivity index (χ4n) is 2.20. The Morgan fingerprint density at radius 2 is 2.28 bits per heavy atom. The Kier molecular flexibility index (Phi) is 6.60. The number of ether oxygens (including phenoxy) is 1. The fourth-order valence-corrected chi connectivity index (χ4v) is 2.20. The molecule has 0 bridgehead atoms. The molecule has 1 rings (SSSR count). The van der Waals surface area contributed by atoms with E-state index in [0.717, 1.165) is 6.42 Å². The number of aliphatic hydroxyl groups is 1. The Morgan fingerprint density at radius 1 is 1.56 bits per heavy atom. The smallest absolute Gasteiger partial charge is 0.237 e. The lowest BCUT2D eigenvalue weighted by atomic mass is 10.0. The molecule has 1 amide bonds. The van der Waals surface area contributed by atoms with Gasteiger partial charge >= 0.3 is 0 Å². The maximum Gasteiger partial charge on any atom is 0.237 e. The van der Waals surface area contributed by atoms with Gasteiger partial charge in [-0.2, -0.15) is 0 Å². The van der Waals surface area contributed by atoms with Crippen LogP contribution in [0.1, 0.15) is 33.6 Å². The number of carbonyl (C=O) groups excluding carboxylic acids is 1. The first-order valence-electron chi connectivity index (χ1n) is 6.85. The molecular formula is C13H26N2O3. The van der Waals surface area contributed by atoms with E-state index in [1.165, 1.54) is 0 Å². The maximum absolute atomic E-state index is 11.8. The van der Waals surface area contributed by atoms with Gasteiger partial charge in [0.25, 0.3) is 0 Å². The highest BCUT2D eigenvalue weighted by Gasteiger charge is 2.27. The van der Waals surface area contributed by atoms with Gasteiger partial charge in [0.1, 0.15) is 0 Å². The van der Waals surface area contributed by atoms with Crippen molar-refractivity contribution in [2.45, 2.75) is 51.9 Å². The number of aliphatic hydroxyl groups excluding tert-OH is 1. The first-order chi connectivity index (χ1) is 8.54. The third kappa shape index (κ3) is 4.92. The number of hydrogen-bond acceptors (Lipinski definition) is 4. The van der Waals surface area contributed by atoms with Gasteiger partial charge in [0.2, 0.25) is 5.91 Å². The Bertz CT molecular complexity index is 259. The molecule has 5 heteroatoms. The van der Waals surface area contributed by atoms with E-state index in [4.69, 9.17) is 4.74 Å². The van der Waals surface area contributed by atoms with Crippen LogP contribution in [0.25, 0.3) is 0 Å². The molecule has 1 heterocycles. The van der Waals surface area contributed by atoms with Gasteiger partial charge in [-0.1, -0.05) is 13.8 Å². The van der Waals surface area contributed by atoms with Gasteiger partial charge < -0.3 is 20.5 Å². The third-order valence-corrected chi connectivity index (χ3v) is 3.28. The molecule has 0 aromatic carbocycles. The van der Waals surface area contributed by atoms with E-state index in [-0.39, 0.29) is 18.1 Å². The van der Waals surface area contributed by atoms with Crippen molar-refractivity contribution in [3.05, 3.63) is 0 Å². The summed E-state index contributed by atoms with van der Waals surface area (Å²) >= 11 is 0. The first-order valence-corrected chi connectivity index (χ1v) is 6.85. The monoisotopic (exact) mass is 258 g/mol. The van der Waals surface area contributed by atoms with Crippen LogP contribution in [0.5, 0.6) is 0 Å². The summed E-state index contributed by atoms with van der Waals surface area (Å²) in [5, 5.41) is 15.2. The molecule has 0 saturated carbocycles. The van der Waals surface area contributed by atoms with Crippen LogP contribution < -0.4 is 10.6 Å². The molecule has 3 unspecified atom stereocenters. The molecule has 106 valence electrons. The average molecular weight is 258 g/mol. The predicted octanol–water partition coefficient (Wildman–Crippen LogP) is 0.277. The summed E-state index contributed by atoms with van der Waals surface area (Å²) in [5.74, 6) is 0.429. The zero-order valence-electron chi connectivity index (χ0n) is 11.6. The molecule has 0 aromatic heterocycles. The van der Waals surface area contributed by atoms with Crippen LogP contribution >= 0.6 is 0 Å². The van der Waals surface area contributed by atoms with Crippen molar-refractivity contribution in [3.63, 3.8) is 0 Å². The highest BCUT2D eigenvalue weighted by atomic mass is 16.5.